The highest BCUT2D eigenvalue weighted by Crippen LogP contribution is 2.61. The average Bonchev–Trinajstić information content (AvgIpc) is 3.94. The molecule has 4 heteroatoms. The summed E-state index contributed by atoms with van der Waals surface area (Å²) >= 11 is 0. The van der Waals surface area contributed by atoms with Crippen LogP contribution in [0, 0.1) is 0 Å². The Morgan fingerprint density at radius 1 is 0.589 bits per heavy atom. The number of nitrogens with zero attached hydrogens (tertiary/aromatic N) is 2. The molecule has 0 radical (unpaired) electrons. The highest BCUT2D eigenvalue weighted by Gasteiger charge is 2.50. The standard InChI is InChI=1S/C52H40N2O2/c1-3-11-35(12-4-1)36-19-21-37(22-20-36)38-23-29-42(30-24-38)53(41-13-5-2-6-14-41)43-31-25-39(26-32-43)40-27-33-44(34-28-40)54-49-45-15-7-9-17-47(45)55-51(49)52-50(54)46-16-8-10-18-48(46)56-52/h2-3,5-21,23-34,37,49,51H,1,4,22H2. The van der Waals surface area contributed by atoms with Crippen LogP contribution >= 0.6 is 0 Å². The molecule has 3 heterocycles. The third-order valence-electron chi connectivity index (χ3n) is 11.8. The Labute approximate surface area is 327 Å². The molecule has 4 nitrogen and oxygen atoms in total. The van der Waals surface area contributed by atoms with E-state index in [2.05, 4.69) is 180 Å². The third-order valence-corrected chi connectivity index (χ3v) is 11.8. The molecule has 0 fully saturated rings. The monoisotopic (exact) mass is 724 g/mol. The third kappa shape index (κ3) is 5.52. The van der Waals surface area contributed by atoms with Crippen LogP contribution in [-0.4, -0.2) is 0 Å². The molecule has 1 aromatic heterocycles. The lowest BCUT2D eigenvalue weighted by molar-refractivity contribution is 0.196. The number of fused-ring (bicyclic) bond motifs is 7. The van der Waals surface area contributed by atoms with E-state index in [1.807, 2.05) is 18.2 Å². The predicted octanol–water partition coefficient (Wildman–Crippen LogP) is 14.1. The van der Waals surface area contributed by atoms with Gasteiger partial charge in [0, 0.05) is 39.6 Å². The summed E-state index contributed by atoms with van der Waals surface area (Å²) in [5, 5.41) is 1.11. The molecule has 4 aliphatic rings. The number of ether oxygens (including phenoxy) is 1. The Balaban J connectivity index is 0.869. The fourth-order valence-electron chi connectivity index (χ4n) is 9.01. The van der Waals surface area contributed by atoms with Gasteiger partial charge in [-0.1, -0.05) is 121 Å². The fraction of sp³-hybridized carbons (Fsp3) is 0.115. The number of para-hydroxylation sites is 3. The summed E-state index contributed by atoms with van der Waals surface area (Å²) < 4.78 is 13.0. The highest BCUT2D eigenvalue weighted by atomic mass is 16.5. The number of anilines is 5. The van der Waals surface area contributed by atoms with Gasteiger partial charge >= 0.3 is 0 Å². The lowest BCUT2D eigenvalue weighted by atomic mass is 9.87. The molecule has 56 heavy (non-hydrogen) atoms. The minimum atomic E-state index is -0.192. The van der Waals surface area contributed by atoms with E-state index < -0.39 is 0 Å². The van der Waals surface area contributed by atoms with Crippen LogP contribution in [0.4, 0.5) is 28.4 Å². The van der Waals surface area contributed by atoms with E-state index in [-0.39, 0.29) is 12.1 Å². The normalized spacial score (nSPS) is 19.2. The number of furan rings is 1. The van der Waals surface area contributed by atoms with Gasteiger partial charge in [0.25, 0.3) is 0 Å². The van der Waals surface area contributed by atoms with Crippen LogP contribution in [0.25, 0.3) is 22.1 Å². The maximum Gasteiger partial charge on any atom is 0.183 e. The van der Waals surface area contributed by atoms with E-state index in [0.717, 1.165) is 70.2 Å². The molecule has 6 aromatic carbocycles. The molecule has 11 rings (SSSR count). The van der Waals surface area contributed by atoms with E-state index >= 15 is 0 Å². The first-order valence-electron chi connectivity index (χ1n) is 19.7. The maximum absolute atomic E-state index is 6.53. The smallest absolute Gasteiger partial charge is 0.183 e. The molecule has 0 saturated heterocycles. The molecule has 270 valence electrons. The molecule has 0 saturated carbocycles. The van der Waals surface area contributed by atoms with Crippen LogP contribution in [0.5, 0.6) is 5.75 Å². The largest absolute Gasteiger partial charge is 0.479 e. The van der Waals surface area contributed by atoms with Crippen molar-refractivity contribution in [2.75, 3.05) is 9.80 Å². The van der Waals surface area contributed by atoms with Crippen molar-refractivity contribution in [2.45, 2.75) is 37.3 Å². The van der Waals surface area contributed by atoms with Gasteiger partial charge in [0.1, 0.15) is 17.4 Å². The number of hydrogen-bond donors (Lipinski definition) is 0. The Hall–Kier alpha value is -6.78. The lowest BCUT2D eigenvalue weighted by Crippen LogP contribution is -2.20. The number of allylic oxidation sites excluding steroid dienone is 8. The zero-order valence-corrected chi connectivity index (χ0v) is 31.0. The fourth-order valence-corrected chi connectivity index (χ4v) is 9.01. The van der Waals surface area contributed by atoms with Gasteiger partial charge in [-0.05, 0) is 114 Å². The van der Waals surface area contributed by atoms with Gasteiger partial charge in [0.15, 0.2) is 11.9 Å². The van der Waals surface area contributed by atoms with Gasteiger partial charge in [-0.25, -0.2) is 0 Å². The molecule has 0 N–H and O–H groups in total. The van der Waals surface area contributed by atoms with Crippen molar-refractivity contribution >= 4 is 39.4 Å². The quantitative estimate of drug-likeness (QED) is 0.164. The van der Waals surface area contributed by atoms with E-state index in [1.54, 1.807) is 0 Å². The first-order chi connectivity index (χ1) is 27.8. The van der Waals surface area contributed by atoms with Crippen molar-refractivity contribution < 1.29 is 9.15 Å². The van der Waals surface area contributed by atoms with Gasteiger partial charge in [-0.2, -0.15) is 0 Å². The molecule has 2 aliphatic heterocycles. The summed E-state index contributed by atoms with van der Waals surface area (Å²) in [6.07, 6.45) is 17.1. The summed E-state index contributed by atoms with van der Waals surface area (Å²) in [6.45, 7) is 0. The molecule has 2 aliphatic carbocycles. The Kier molecular flexibility index (Phi) is 7.87. The number of hydrogen-bond acceptors (Lipinski definition) is 4. The van der Waals surface area contributed by atoms with Gasteiger partial charge in [-0.15, -0.1) is 0 Å². The van der Waals surface area contributed by atoms with E-state index in [4.69, 9.17) is 9.15 Å². The lowest BCUT2D eigenvalue weighted by Gasteiger charge is -2.27. The van der Waals surface area contributed by atoms with Crippen molar-refractivity contribution in [1.29, 1.82) is 0 Å². The second kappa shape index (κ2) is 13.5. The van der Waals surface area contributed by atoms with Gasteiger partial charge in [0.2, 0.25) is 0 Å². The Morgan fingerprint density at radius 2 is 1.27 bits per heavy atom. The maximum atomic E-state index is 6.53. The van der Waals surface area contributed by atoms with Gasteiger partial charge in [-0.3, -0.25) is 0 Å². The summed E-state index contributed by atoms with van der Waals surface area (Å²) in [6, 6.07) is 54.3. The highest BCUT2D eigenvalue weighted by molar-refractivity contribution is 5.98. The molecular weight excluding hydrogens is 685 g/mol. The van der Waals surface area contributed by atoms with Crippen molar-refractivity contribution in [3.05, 3.63) is 216 Å². The Bertz CT molecular complexity index is 2700. The summed E-state index contributed by atoms with van der Waals surface area (Å²) in [5.74, 6) is 2.20. The first kappa shape index (κ1) is 32.6. The minimum absolute atomic E-state index is 0.0123. The Morgan fingerprint density at radius 3 is 2.02 bits per heavy atom. The molecule has 0 amide bonds. The molecular formula is C52H40N2O2. The zero-order chi connectivity index (χ0) is 37.0. The molecule has 3 atom stereocenters. The van der Waals surface area contributed by atoms with Crippen LogP contribution in [-0.2, 0) is 0 Å². The van der Waals surface area contributed by atoms with Crippen LogP contribution in [0.2, 0.25) is 0 Å². The minimum Gasteiger partial charge on any atom is -0.479 e. The van der Waals surface area contributed by atoms with Crippen LogP contribution in [0.3, 0.4) is 0 Å². The number of benzene rings is 6. The second-order valence-corrected chi connectivity index (χ2v) is 15.1. The van der Waals surface area contributed by atoms with Gasteiger partial charge < -0.3 is 19.0 Å². The van der Waals surface area contributed by atoms with Crippen molar-refractivity contribution in [3.63, 3.8) is 0 Å². The van der Waals surface area contributed by atoms with Crippen molar-refractivity contribution in [3.8, 4) is 16.9 Å². The summed E-state index contributed by atoms with van der Waals surface area (Å²) in [7, 11) is 0. The van der Waals surface area contributed by atoms with Crippen LogP contribution in [0.1, 0.15) is 54.2 Å². The summed E-state index contributed by atoms with van der Waals surface area (Å²) in [4.78, 5) is 4.75. The van der Waals surface area contributed by atoms with Gasteiger partial charge in [0.05, 0.1) is 5.69 Å². The second-order valence-electron chi connectivity index (χ2n) is 15.1. The predicted molar refractivity (Wildman–Crippen MR) is 229 cm³/mol. The van der Waals surface area contributed by atoms with Crippen molar-refractivity contribution in [2.24, 2.45) is 0 Å². The first-order valence-corrected chi connectivity index (χ1v) is 19.7. The van der Waals surface area contributed by atoms with E-state index in [1.165, 1.54) is 33.4 Å². The molecule has 0 spiro atoms. The molecule has 7 aromatic rings. The zero-order valence-electron chi connectivity index (χ0n) is 31.0. The number of rotatable bonds is 7. The van der Waals surface area contributed by atoms with Crippen molar-refractivity contribution in [1.82, 2.24) is 0 Å². The van der Waals surface area contributed by atoms with Crippen LogP contribution in [0.15, 0.2) is 204 Å². The topological polar surface area (TPSA) is 28.9 Å². The molecule has 3 unspecified atom stereocenters. The van der Waals surface area contributed by atoms with E-state index in [0.29, 0.717) is 5.92 Å². The summed E-state index contributed by atoms with van der Waals surface area (Å²) in [5.41, 5.74) is 14.0. The average molecular weight is 725 g/mol. The SMILES string of the molecule is C1=CC(C2=CCC(c3ccc(N(c4ccccc4)c4ccc(-c5ccc(N6c7c(oc8ccccc78)C7Oc8ccccc8C76)cc5)cc4)cc3)C=C2)=CCC1. The van der Waals surface area contributed by atoms with Crippen LogP contribution < -0.4 is 14.5 Å². The van der Waals surface area contributed by atoms with E-state index in [9.17, 15) is 0 Å². The molecule has 0 bridgehead atoms.